The maximum Gasteiger partial charge on any atom is 0.326 e. The van der Waals surface area contributed by atoms with Crippen molar-refractivity contribution in [3.05, 3.63) is 78.4 Å². The van der Waals surface area contributed by atoms with E-state index in [1.54, 1.807) is 42.5 Å². The molecular formula is C20H19NO5S. The van der Waals surface area contributed by atoms with Crippen LogP contribution in [0.25, 0.3) is 10.8 Å². The zero-order chi connectivity index (χ0) is 19.4. The van der Waals surface area contributed by atoms with E-state index < -0.39 is 28.1 Å². The minimum absolute atomic E-state index is 0.00429. The van der Waals surface area contributed by atoms with Crippen LogP contribution in [0, 0.1) is 0 Å². The van der Waals surface area contributed by atoms with Gasteiger partial charge in [-0.1, -0.05) is 60.7 Å². The minimum Gasteiger partial charge on any atom is -0.468 e. The van der Waals surface area contributed by atoms with Crippen molar-refractivity contribution in [3.8, 4) is 0 Å². The first-order chi connectivity index (χ1) is 12.9. The second-order valence-corrected chi connectivity index (χ2v) is 7.70. The molecule has 7 heteroatoms. The lowest BCUT2D eigenvalue weighted by Gasteiger charge is -2.22. The molecule has 0 radical (unpaired) electrons. The molecule has 6 nitrogen and oxygen atoms in total. The van der Waals surface area contributed by atoms with Gasteiger partial charge in [-0.3, -0.25) is 4.79 Å². The van der Waals surface area contributed by atoms with Gasteiger partial charge in [-0.05, 0) is 28.5 Å². The number of methoxy groups -OCH3 is 1. The first kappa shape index (κ1) is 19.0. The fourth-order valence-electron chi connectivity index (χ4n) is 2.78. The molecule has 0 heterocycles. The molecule has 0 fully saturated rings. The Bertz CT molecular complexity index is 1050. The molecule has 2 N–H and O–H groups in total. The van der Waals surface area contributed by atoms with Gasteiger partial charge in [-0.25, -0.2) is 8.42 Å². The summed E-state index contributed by atoms with van der Waals surface area (Å²) in [5, 5.41) is 12.2. The number of fused-ring (bicyclic) bond motifs is 1. The average Bonchev–Trinajstić information content (AvgIpc) is 2.71. The molecule has 140 valence electrons. The molecule has 0 saturated heterocycles. The lowest BCUT2D eigenvalue weighted by molar-refractivity contribution is -0.145. The summed E-state index contributed by atoms with van der Waals surface area (Å²) >= 11 is 0. The van der Waals surface area contributed by atoms with E-state index in [2.05, 4.69) is 9.46 Å². The number of benzene rings is 3. The van der Waals surface area contributed by atoms with Crippen molar-refractivity contribution < 1.29 is 23.1 Å². The molecule has 0 amide bonds. The molecule has 3 rings (SSSR count). The van der Waals surface area contributed by atoms with E-state index in [1.165, 1.54) is 12.1 Å². The molecule has 3 aromatic rings. The third-order valence-corrected chi connectivity index (χ3v) is 5.66. The van der Waals surface area contributed by atoms with E-state index in [9.17, 15) is 18.3 Å². The van der Waals surface area contributed by atoms with Crippen molar-refractivity contribution in [2.45, 2.75) is 17.0 Å². The monoisotopic (exact) mass is 385 g/mol. The van der Waals surface area contributed by atoms with Crippen LogP contribution in [0.15, 0.2) is 77.7 Å². The smallest absolute Gasteiger partial charge is 0.326 e. The van der Waals surface area contributed by atoms with Crippen molar-refractivity contribution in [2.24, 2.45) is 0 Å². The van der Waals surface area contributed by atoms with E-state index >= 15 is 0 Å². The minimum atomic E-state index is -4.07. The van der Waals surface area contributed by atoms with Crippen molar-refractivity contribution in [3.63, 3.8) is 0 Å². The number of hydrogen-bond donors (Lipinski definition) is 2. The number of aliphatic hydroxyl groups is 1. The van der Waals surface area contributed by atoms with E-state index in [0.717, 1.165) is 17.9 Å². The Morgan fingerprint density at radius 1 is 0.963 bits per heavy atom. The molecule has 27 heavy (non-hydrogen) atoms. The van der Waals surface area contributed by atoms with E-state index in [-0.39, 0.29) is 4.90 Å². The van der Waals surface area contributed by atoms with Gasteiger partial charge >= 0.3 is 5.97 Å². The normalized spacial score (nSPS) is 13.9. The molecule has 0 aliphatic rings. The molecular weight excluding hydrogens is 366 g/mol. The van der Waals surface area contributed by atoms with Gasteiger partial charge in [-0.15, -0.1) is 0 Å². The highest BCUT2D eigenvalue weighted by molar-refractivity contribution is 7.89. The quantitative estimate of drug-likeness (QED) is 0.636. The third kappa shape index (κ3) is 4.16. The zero-order valence-electron chi connectivity index (χ0n) is 14.6. The highest BCUT2D eigenvalue weighted by atomic mass is 32.2. The van der Waals surface area contributed by atoms with Crippen LogP contribution in [0.4, 0.5) is 0 Å². The fraction of sp³-hybridized carbons (Fsp3) is 0.150. The van der Waals surface area contributed by atoms with Crippen LogP contribution < -0.4 is 4.72 Å². The number of sulfonamides is 1. The number of esters is 1. The maximum absolute atomic E-state index is 12.8. The lowest BCUT2D eigenvalue weighted by Crippen LogP contribution is -2.45. The van der Waals surface area contributed by atoms with Crippen LogP contribution in [0.2, 0.25) is 0 Å². The summed E-state index contributed by atoms with van der Waals surface area (Å²) in [6.07, 6.45) is -1.39. The molecule has 0 aliphatic heterocycles. The number of aliphatic hydroxyl groups excluding tert-OH is 1. The van der Waals surface area contributed by atoms with Gasteiger partial charge < -0.3 is 9.84 Å². The Morgan fingerprint density at radius 2 is 1.59 bits per heavy atom. The molecule has 0 saturated carbocycles. The van der Waals surface area contributed by atoms with Crippen LogP contribution >= 0.6 is 0 Å². The maximum atomic E-state index is 12.8. The van der Waals surface area contributed by atoms with Gasteiger partial charge in [0.25, 0.3) is 0 Å². The number of hydrogen-bond acceptors (Lipinski definition) is 5. The Labute approximate surface area is 157 Å². The molecule has 2 atom stereocenters. The fourth-order valence-corrected chi connectivity index (χ4v) is 4.01. The number of carbonyl (C=O) groups is 1. The van der Waals surface area contributed by atoms with E-state index in [4.69, 9.17) is 0 Å². The summed E-state index contributed by atoms with van der Waals surface area (Å²) < 4.78 is 32.6. The van der Waals surface area contributed by atoms with Crippen LogP contribution in [0.5, 0.6) is 0 Å². The molecule has 0 aromatic heterocycles. The summed E-state index contributed by atoms with van der Waals surface area (Å²) in [5.41, 5.74) is 0.397. The molecule has 0 bridgehead atoms. The third-order valence-electron chi connectivity index (χ3n) is 4.23. The predicted octanol–water partition coefficient (Wildman–Crippen LogP) is 2.39. The van der Waals surface area contributed by atoms with Crippen LogP contribution in [-0.4, -0.2) is 32.6 Å². The first-order valence-electron chi connectivity index (χ1n) is 8.24. The number of rotatable bonds is 6. The molecule has 3 aromatic carbocycles. The number of carbonyl (C=O) groups excluding carboxylic acids is 1. The Balaban J connectivity index is 1.94. The summed E-state index contributed by atoms with van der Waals surface area (Å²) in [5.74, 6) is -0.879. The van der Waals surface area contributed by atoms with Crippen LogP contribution in [0.3, 0.4) is 0 Å². The van der Waals surface area contributed by atoms with Gasteiger partial charge in [0.2, 0.25) is 10.0 Å². The summed E-state index contributed by atoms with van der Waals surface area (Å²) in [6.45, 7) is 0. The van der Waals surface area contributed by atoms with E-state index in [0.29, 0.717) is 5.56 Å². The Morgan fingerprint density at radius 3 is 2.26 bits per heavy atom. The zero-order valence-corrected chi connectivity index (χ0v) is 15.4. The van der Waals surface area contributed by atoms with Crippen LogP contribution in [-0.2, 0) is 19.6 Å². The molecule has 0 aliphatic carbocycles. The lowest BCUT2D eigenvalue weighted by atomic mass is 10.0. The van der Waals surface area contributed by atoms with Gasteiger partial charge in [0, 0.05) is 0 Å². The van der Waals surface area contributed by atoms with Gasteiger partial charge in [-0.2, -0.15) is 4.72 Å². The van der Waals surface area contributed by atoms with Crippen LogP contribution in [0.1, 0.15) is 11.7 Å². The number of ether oxygens (including phenoxy) is 1. The molecule has 0 unspecified atom stereocenters. The summed E-state index contributed by atoms with van der Waals surface area (Å²) in [7, 11) is -2.93. The van der Waals surface area contributed by atoms with Crippen molar-refractivity contribution in [1.82, 2.24) is 4.72 Å². The SMILES string of the molecule is COC(=O)[C@@H](NS(=O)(=O)c1ccc2ccccc2c1)[C@H](O)c1ccccc1. The van der Waals surface area contributed by atoms with Gasteiger partial charge in [0.15, 0.2) is 0 Å². The summed E-state index contributed by atoms with van der Waals surface area (Å²) in [4.78, 5) is 12.1. The number of nitrogens with one attached hydrogen (secondary N) is 1. The Hall–Kier alpha value is -2.74. The second kappa shape index (κ2) is 7.87. The average molecular weight is 385 g/mol. The highest BCUT2D eigenvalue weighted by Crippen LogP contribution is 2.22. The van der Waals surface area contributed by atoms with Gasteiger partial charge in [0.05, 0.1) is 12.0 Å². The topological polar surface area (TPSA) is 92.7 Å². The highest BCUT2D eigenvalue weighted by Gasteiger charge is 2.33. The van der Waals surface area contributed by atoms with Crippen molar-refractivity contribution in [1.29, 1.82) is 0 Å². The largest absolute Gasteiger partial charge is 0.468 e. The first-order valence-corrected chi connectivity index (χ1v) is 9.72. The predicted molar refractivity (Wildman–Crippen MR) is 101 cm³/mol. The second-order valence-electron chi connectivity index (χ2n) is 5.99. The van der Waals surface area contributed by atoms with Crippen molar-refractivity contribution >= 4 is 26.8 Å². The molecule has 0 spiro atoms. The van der Waals surface area contributed by atoms with E-state index in [1.807, 2.05) is 18.2 Å². The summed E-state index contributed by atoms with van der Waals surface area (Å²) in [6, 6.07) is 18.8. The van der Waals surface area contributed by atoms with Crippen molar-refractivity contribution in [2.75, 3.05) is 7.11 Å². The standard InChI is InChI=1S/C20H19NO5S/c1-26-20(23)18(19(22)15-8-3-2-4-9-15)21-27(24,25)17-12-11-14-7-5-6-10-16(14)13-17/h2-13,18-19,21-22H,1H3/t18-,19+/m0/s1. The van der Waals surface area contributed by atoms with Gasteiger partial charge in [0.1, 0.15) is 12.1 Å². The Kier molecular flexibility index (Phi) is 5.55.